The predicted molar refractivity (Wildman–Crippen MR) is 215 cm³/mol. The minimum Gasteiger partial charge on any atom is -0.508 e. The number of phenols is 4. The van der Waals surface area contributed by atoms with Gasteiger partial charge in [0.1, 0.15) is 23.0 Å². The number of rotatable bonds is 10. The zero-order valence-electron chi connectivity index (χ0n) is 30.3. The van der Waals surface area contributed by atoms with E-state index >= 15 is 0 Å². The molecule has 4 nitrogen and oxygen atoms in total. The molecule has 0 amide bonds. The van der Waals surface area contributed by atoms with E-state index in [2.05, 4.69) is 49.4 Å². The molecule has 0 fully saturated rings. The van der Waals surface area contributed by atoms with Gasteiger partial charge in [0.15, 0.2) is 0 Å². The van der Waals surface area contributed by atoms with Crippen LogP contribution in [0.5, 0.6) is 23.0 Å². The highest BCUT2D eigenvalue weighted by Crippen LogP contribution is 2.44. The van der Waals surface area contributed by atoms with Crippen LogP contribution in [0.3, 0.4) is 0 Å². The van der Waals surface area contributed by atoms with E-state index in [1.165, 1.54) is 0 Å². The summed E-state index contributed by atoms with van der Waals surface area (Å²) in [6.07, 6.45) is 1.72. The normalized spacial score (nSPS) is 11.8. The Morgan fingerprint density at radius 1 is 0.434 bits per heavy atom. The van der Waals surface area contributed by atoms with E-state index in [-0.39, 0.29) is 28.9 Å². The molecule has 0 bridgehead atoms. The smallest absolute Gasteiger partial charge is 0.126 e. The molecule has 4 heteroatoms. The lowest BCUT2D eigenvalue weighted by Crippen LogP contribution is -2.07. The Morgan fingerprint density at radius 2 is 1.08 bits per heavy atom. The molecule has 0 aliphatic rings. The molecule has 0 aromatic heterocycles. The Balaban J connectivity index is 1.19. The highest BCUT2D eigenvalue weighted by Gasteiger charge is 2.25. The van der Waals surface area contributed by atoms with Gasteiger partial charge in [-0.05, 0) is 90.3 Å². The van der Waals surface area contributed by atoms with Gasteiger partial charge < -0.3 is 20.4 Å². The molecule has 264 valence electrons. The van der Waals surface area contributed by atoms with Gasteiger partial charge in [-0.2, -0.15) is 0 Å². The Hall–Kier alpha value is -6.26. The Labute approximate surface area is 312 Å². The summed E-state index contributed by atoms with van der Waals surface area (Å²) in [4.78, 5) is 0. The first kappa shape index (κ1) is 35.2. The van der Waals surface area contributed by atoms with Crippen LogP contribution in [0.25, 0.3) is 22.3 Å². The van der Waals surface area contributed by atoms with Gasteiger partial charge in [-0.3, -0.25) is 0 Å². The van der Waals surface area contributed by atoms with Crippen molar-refractivity contribution in [3.8, 4) is 45.3 Å². The minimum absolute atomic E-state index is 0.206. The maximum atomic E-state index is 11.9. The number of benzene rings is 7. The Kier molecular flexibility index (Phi) is 10.0. The van der Waals surface area contributed by atoms with Crippen LogP contribution in [-0.4, -0.2) is 20.4 Å². The van der Waals surface area contributed by atoms with Gasteiger partial charge in [0, 0.05) is 29.0 Å². The average molecular weight is 697 g/mol. The molecular formula is C49H44O4. The quantitative estimate of drug-likeness (QED) is 0.107. The topological polar surface area (TPSA) is 80.9 Å². The lowest BCUT2D eigenvalue weighted by atomic mass is 9.79. The van der Waals surface area contributed by atoms with Crippen molar-refractivity contribution >= 4 is 0 Å². The number of aryl methyl sites for hydroxylation is 5. The van der Waals surface area contributed by atoms with Crippen LogP contribution in [0.1, 0.15) is 61.6 Å². The monoisotopic (exact) mass is 696 g/mol. The van der Waals surface area contributed by atoms with Gasteiger partial charge in [-0.15, -0.1) is 0 Å². The third kappa shape index (κ3) is 7.54. The fourth-order valence-electron chi connectivity index (χ4n) is 7.44. The molecule has 7 aromatic carbocycles. The van der Waals surface area contributed by atoms with E-state index in [4.69, 9.17) is 0 Å². The molecule has 4 N–H and O–H groups in total. The van der Waals surface area contributed by atoms with E-state index in [0.717, 1.165) is 77.9 Å². The summed E-state index contributed by atoms with van der Waals surface area (Å²) in [6, 6.07) is 47.7. The molecule has 53 heavy (non-hydrogen) atoms. The lowest BCUT2D eigenvalue weighted by Gasteiger charge is -2.24. The molecular weight excluding hydrogens is 653 g/mol. The van der Waals surface area contributed by atoms with Crippen LogP contribution in [-0.2, 0) is 19.3 Å². The molecule has 0 spiro atoms. The van der Waals surface area contributed by atoms with E-state index in [1.807, 2.05) is 105 Å². The highest BCUT2D eigenvalue weighted by atomic mass is 16.3. The second-order valence-electron chi connectivity index (χ2n) is 14.1. The van der Waals surface area contributed by atoms with Crippen molar-refractivity contribution in [3.05, 3.63) is 201 Å². The SMILES string of the molecule is Cc1ccc(O)c(Cc2cccc(-c3cccc(CCc4cccc(-c5cc(C)ccc5C(c5ccccc5)c5cc(C)ccc5O)c4O)c3)c2O)c1. The number of hydrogen-bond acceptors (Lipinski definition) is 4. The van der Waals surface area contributed by atoms with Gasteiger partial charge in [-0.1, -0.05) is 150 Å². The molecule has 0 saturated carbocycles. The number of phenolic OH excluding ortho intramolecular Hbond substituents is 4. The van der Waals surface area contributed by atoms with Crippen LogP contribution in [0, 0.1) is 20.8 Å². The fourth-order valence-corrected chi connectivity index (χ4v) is 7.44. The molecule has 7 aromatic rings. The van der Waals surface area contributed by atoms with Crippen LogP contribution in [0.4, 0.5) is 0 Å². The van der Waals surface area contributed by atoms with Crippen molar-refractivity contribution in [1.29, 1.82) is 0 Å². The third-order valence-corrected chi connectivity index (χ3v) is 10.2. The third-order valence-electron chi connectivity index (χ3n) is 10.2. The molecule has 0 aliphatic heterocycles. The van der Waals surface area contributed by atoms with Gasteiger partial charge in [0.25, 0.3) is 0 Å². The molecule has 1 unspecified atom stereocenters. The lowest BCUT2D eigenvalue weighted by molar-refractivity contribution is 0.463. The first-order valence-corrected chi connectivity index (χ1v) is 18.1. The maximum Gasteiger partial charge on any atom is 0.126 e. The molecule has 0 radical (unpaired) electrons. The van der Waals surface area contributed by atoms with Crippen molar-refractivity contribution < 1.29 is 20.4 Å². The maximum absolute atomic E-state index is 11.9. The summed E-state index contributed by atoms with van der Waals surface area (Å²) in [5.74, 6) is 0.657. The minimum atomic E-state index is -0.255. The summed E-state index contributed by atoms with van der Waals surface area (Å²) in [7, 11) is 0. The standard InChI is InChI=1S/C49H44O4/c1-31-19-24-45(50)39(26-31)30-38-15-9-16-40(49(38)53)37-14-7-10-34(29-37)21-22-36-13-8-17-42(48(36)52)43-27-32(2)18-23-41(43)47(35-11-5-4-6-12-35)44-28-33(3)20-25-46(44)51/h4-20,23-29,47,50-53H,21-22,30H2,1-3H3. The summed E-state index contributed by atoms with van der Waals surface area (Å²) in [6.45, 7) is 6.08. The zero-order chi connectivity index (χ0) is 37.1. The first-order chi connectivity index (χ1) is 25.7. The second kappa shape index (κ2) is 15.1. The zero-order valence-corrected chi connectivity index (χ0v) is 30.3. The molecule has 0 heterocycles. The average Bonchev–Trinajstić information content (AvgIpc) is 3.16. The summed E-state index contributed by atoms with van der Waals surface area (Å²) in [5, 5.41) is 44.8. The summed E-state index contributed by atoms with van der Waals surface area (Å²) < 4.78 is 0. The van der Waals surface area contributed by atoms with E-state index < -0.39 is 0 Å². The van der Waals surface area contributed by atoms with Crippen molar-refractivity contribution in [3.63, 3.8) is 0 Å². The van der Waals surface area contributed by atoms with Gasteiger partial charge in [0.2, 0.25) is 0 Å². The molecule has 1 atom stereocenters. The molecule has 0 saturated heterocycles. The van der Waals surface area contributed by atoms with Crippen molar-refractivity contribution in [1.82, 2.24) is 0 Å². The van der Waals surface area contributed by atoms with E-state index in [9.17, 15) is 20.4 Å². The van der Waals surface area contributed by atoms with Gasteiger partial charge in [0.05, 0.1) is 0 Å². The van der Waals surface area contributed by atoms with Crippen molar-refractivity contribution in [2.45, 2.75) is 46.0 Å². The van der Waals surface area contributed by atoms with Gasteiger partial charge >= 0.3 is 0 Å². The highest BCUT2D eigenvalue weighted by molar-refractivity contribution is 5.77. The largest absolute Gasteiger partial charge is 0.508 e. The van der Waals surface area contributed by atoms with E-state index in [0.29, 0.717) is 19.3 Å². The fraction of sp³-hybridized carbons (Fsp3) is 0.143. The van der Waals surface area contributed by atoms with Crippen LogP contribution in [0.15, 0.2) is 146 Å². The van der Waals surface area contributed by atoms with Gasteiger partial charge in [-0.25, -0.2) is 0 Å². The Bertz CT molecular complexity index is 2410. The predicted octanol–water partition coefficient (Wildman–Crippen LogP) is 11.3. The first-order valence-electron chi connectivity index (χ1n) is 18.1. The number of hydrogen-bond donors (Lipinski definition) is 4. The summed E-state index contributed by atoms with van der Waals surface area (Å²) >= 11 is 0. The second-order valence-corrected chi connectivity index (χ2v) is 14.1. The summed E-state index contributed by atoms with van der Waals surface area (Å²) in [5.41, 5.74) is 12.8. The van der Waals surface area contributed by atoms with Crippen molar-refractivity contribution in [2.24, 2.45) is 0 Å². The van der Waals surface area contributed by atoms with Crippen LogP contribution >= 0.6 is 0 Å². The van der Waals surface area contributed by atoms with E-state index in [1.54, 1.807) is 12.1 Å². The molecule has 7 rings (SSSR count). The molecule has 0 aliphatic carbocycles. The Morgan fingerprint density at radius 3 is 1.87 bits per heavy atom. The van der Waals surface area contributed by atoms with Crippen LogP contribution in [0.2, 0.25) is 0 Å². The number of para-hydroxylation sites is 2. The van der Waals surface area contributed by atoms with Crippen molar-refractivity contribution in [2.75, 3.05) is 0 Å². The number of aromatic hydroxyl groups is 4. The van der Waals surface area contributed by atoms with Crippen LogP contribution < -0.4 is 0 Å².